The second-order valence-electron chi connectivity index (χ2n) is 2.01. The molecular formula is C12H16Cr. The molecule has 2 aliphatic carbocycles. The quantitative estimate of drug-likeness (QED) is 0.539. The van der Waals surface area contributed by atoms with E-state index >= 15 is 0 Å². The minimum Gasteiger partial charge on any atom is -0.358 e. The maximum Gasteiger partial charge on any atom is 4.00 e. The van der Waals surface area contributed by atoms with E-state index in [0.717, 1.165) is 12.8 Å². The van der Waals surface area contributed by atoms with Crippen molar-refractivity contribution in [3.05, 3.63) is 63.5 Å². The maximum atomic E-state index is 2.99. The number of allylic oxidation sites excluding steroid dienone is 8. The van der Waals surface area contributed by atoms with Crippen LogP contribution in [0.5, 0.6) is 0 Å². The molecule has 0 unspecified atom stereocenters. The van der Waals surface area contributed by atoms with Crippen molar-refractivity contribution < 1.29 is 17.4 Å². The predicted octanol–water partition coefficient (Wildman–Crippen LogP) is 3.51. The van der Waals surface area contributed by atoms with E-state index in [-0.39, 0.29) is 32.2 Å². The smallest absolute Gasteiger partial charge is 0.358 e. The zero-order chi connectivity index (χ0) is 7.07. The molecule has 0 nitrogen and oxygen atoms in total. The van der Waals surface area contributed by atoms with Gasteiger partial charge >= 0.3 is 17.4 Å². The van der Waals surface area contributed by atoms with Gasteiger partial charge < -0.3 is 14.9 Å². The zero-order valence-electron chi connectivity index (χ0n) is 8.29. The van der Waals surface area contributed by atoms with E-state index in [1.54, 1.807) is 0 Å². The first kappa shape index (κ1) is 18.3. The van der Waals surface area contributed by atoms with Gasteiger partial charge in [0.25, 0.3) is 0 Å². The van der Waals surface area contributed by atoms with Crippen molar-refractivity contribution in [2.24, 2.45) is 0 Å². The fourth-order valence-corrected chi connectivity index (χ4v) is 0.680. The third-order valence-corrected chi connectivity index (χ3v) is 1.17. The predicted molar refractivity (Wildman–Crippen MR) is 56.0 cm³/mol. The molecule has 0 radical (unpaired) electrons. The summed E-state index contributed by atoms with van der Waals surface area (Å²) in [5.74, 6) is 0. The van der Waals surface area contributed by atoms with Gasteiger partial charge in [0.1, 0.15) is 0 Å². The van der Waals surface area contributed by atoms with Crippen molar-refractivity contribution in [3.8, 4) is 0 Å². The summed E-state index contributed by atoms with van der Waals surface area (Å²) in [5.41, 5.74) is 0. The molecule has 0 fully saturated rings. The van der Waals surface area contributed by atoms with Crippen molar-refractivity contribution in [1.29, 1.82) is 0 Å². The molecule has 0 bridgehead atoms. The molecule has 0 aromatic carbocycles. The van der Waals surface area contributed by atoms with Crippen LogP contribution in [0.3, 0.4) is 0 Å². The van der Waals surface area contributed by atoms with Gasteiger partial charge in [0.05, 0.1) is 0 Å². The van der Waals surface area contributed by atoms with Gasteiger partial charge in [-0.2, -0.15) is 12.2 Å². The molecule has 13 heavy (non-hydrogen) atoms. The Balaban J connectivity index is -0.000000125. The third-order valence-electron chi connectivity index (χ3n) is 1.17. The van der Waals surface area contributed by atoms with Gasteiger partial charge in [-0.15, -0.1) is 12.8 Å². The van der Waals surface area contributed by atoms with Crippen LogP contribution >= 0.6 is 0 Å². The molecule has 0 spiro atoms. The molecule has 70 valence electrons. The molecule has 1 heteroatoms. The Morgan fingerprint density at radius 3 is 1.23 bits per heavy atom. The van der Waals surface area contributed by atoms with E-state index in [9.17, 15) is 0 Å². The Labute approximate surface area is 93.9 Å². The van der Waals surface area contributed by atoms with E-state index < -0.39 is 0 Å². The van der Waals surface area contributed by atoms with E-state index in [1.807, 2.05) is 24.3 Å². The fraction of sp³-hybridized carbons (Fsp3) is 0.167. The first-order valence-corrected chi connectivity index (χ1v) is 3.43. The van der Waals surface area contributed by atoms with Gasteiger partial charge in [-0.25, -0.2) is 24.3 Å². The van der Waals surface area contributed by atoms with E-state index in [0.29, 0.717) is 0 Å². The molecule has 2 aliphatic rings. The largest absolute Gasteiger partial charge is 4.00 e. The van der Waals surface area contributed by atoms with Crippen molar-refractivity contribution in [3.63, 3.8) is 0 Å². The summed E-state index contributed by atoms with van der Waals surface area (Å²) in [5, 5.41) is 0. The van der Waals surface area contributed by atoms with Gasteiger partial charge in [-0.3, -0.25) is 12.2 Å². The molecule has 0 heterocycles. The second-order valence-corrected chi connectivity index (χ2v) is 2.01. The van der Waals surface area contributed by atoms with Crippen LogP contribution in [0.1, 0.15) is 12.8 Å². The average Bonchev–Trinajstić information content (AvgIpc) is 2.67. The zero-order valence-corrected chi connectivity index (χ0v) is 9.56. The topological polar surface area (TPSA) is 0 Å². The Morgan fingerprint density at radius 1 is 0.769 bits per heavy atom. The fourth-order valence-electron chi connectivity index (χ4n) is 0.680. The molecule has 0 aliphatic heterocycles. The van der Waals surface area contributed by atoms with Crippen molar-refractivity contribution in [1.82, 2.24) is 0 Å². The minimum absolute atomic E-state index is 0. The Kier molecular flexibility index (Phi) is 19.8. The Morgan fingerprint density at radius 2 is 1.15 bits per heavy atom. The molecule has 0 N–H and O–H groups in total. The molecule has 0 amide bonds. The summed E-state index contributed by atoms with van der Waals surface area (Å²) in [6.45, 7) is 0. The van der Waals surface area contributed by atoms with Crippen LogP contribution in [-0.4, -0.2) is 0 Å². The minimum atomic E-state index is 0. The summed E-state index contributed by atoms with van der Waals surface area (Å²) in [6, 6.07) is 0. The van der Waals surface area contributed by atoms with E-state index in [4.69, 9.17) is 0 Å². The molecule has 0 atom stereocenters. The summed E-state index contributed by atoms with van der Waals surface area (Å²) < 4.78 is 0. The van der Waals surface area contributed by atoms with Crippen LogP contribution < -0.4 is 0 Å². The van der Waals surface area contributed by atoms with Gasteiger partial charge in [-0.05, 0) is 0 Å². The van der Waals surface area contributed by atoms with E-state index in [1.165, 1.54) is 0 Å². The van der Waals surface area contributed by atoms with Gasteiger partial charge in [0, 0.05) is 0 Å². The SMILES string of the molecule is [C-]1=CC=CC1.[C-]1=CC=CC1.[CH3-].[CH3-].[Cr+4]. The maximum absolute atomic E-state index is 2.99. The first-order valence-electron chi connectivity index (χ1n) is 3.43. The molecule has 2 rings (SSSR count). The van der Waals surface area contributed by atoms with Crippen LogP contribution in [0.25, 0.3) is 0 Å². The molecule has 0 saturated heterocycles. The van der Waals surface area contributed by atoms with Crippen LogP contribution in [-0.2, 0) is 17.4 Å². The number of hydrogen-bond donors (Lipinski definition) is 0. The normalized spacial score (nSPS) is 13.5. The molecular weight excluding hydrogens is 196 g/mol. The third kappa shape index (κ3) is 11.5. The van der Waals surface area contributed by atoms with Crippen LogP contribution in [0.2, 0.25) is 0 Å². The molecule has 0 aromatic heterocycles. The second kappa shape index (κ2) is 14.0. The summed E-state index contributed by atoms with van der Waals surface area (Å²) in [6.07, 6.45) is 20.0. The number of hydrogen-bond acceptors (Lipinski definition) is 0. The van der Waals surface area contributed by atoms with Crippen molar-refractivity contribution in [2.45, 2.75) is 12.8 Å². The van der Waals surface area contributed by atoms with Crippen LogP contribution in [0.4, 0.5) is 0 Å². The Bertz CT molecular complexity index is 143. The van der Waals surface area contributed by atoms with E-state index in [2.05, 4.69) is 24.3 Å². The number of rotatable bonds is 0. The average molecular weight is 212 g/mol. The van der Waals surface area contributed by atoms with Crippen LogP contribution in [0.15, 0.2) is 36.5 Å². The van der Waals surface area contributed by atoms with Gasteiger partial charge in [0.15, 0.2) is 0 Å². The summed E-state index contributed by atoms with van der Waals surface area (Å²) in [7, 11) is 0. The first-order chi connectivity index (χ1) is 5.00. The molecule has 0 aromatic rings. The Hall–Kier alpha value is -0.508. The monoisotopic (exact) mass is 212 g/mol. The van der Waals surface area contributed by atoms with Gasteiger partial charge in [0.2, 0.25) is 0 Å². The summed E-state index contributed by atoms with van der Waals surface area (Å²) >= 11 is 0. The summed E-state index contributed by atoms with van der Waals surface area (Å²) in [4.78, 5) is 0. The van der Waals surface area contributed by atoms with Gasteiger partial charge in [-0.1, -0.05) is 0 Å². The molecule has 0 saturated carbocycles. The van der Waals surface area contributed by atoms with Crippen molar-refractivity contribution in [2.75, 3.05) is 0 Å². The van der Waals surface area contributed by atoms with Crippen LogP contribution in [0, 0.1) is 27.0 Å². The van der Waals surface area contributed by atoms with Crippen molar-refractivity contribution >= 4 is 0 Å². The standard InChI is InChI=1S/2C5H5.2CH3.Cr/c2*1-2-4-5-3-1;;;/h2*1-3H,4H2;2*1H3;/q4*-1;+4.